The lowest BCUT2D eigenvalue weighted by Crippen LogP contribution is -2.45. The van der Waals surface area contributed by atoms with Crippen LogP contribution in [-0.4, -0.2) is 34.6 Å². The van der Waals surface area contributed by atoms with Gasteiger partial charge in [-0.1, -0.05) is 13.0 Å². The molecule has 1 rings (SSSR count). The largest absolute Gasteiger partial charge is 0.390 e. The molecule has 0 aromatic rings. The molecule has 86 valence electrons. The zero-order valence-electron chi connectivity index (χ0n) is 9.92. The highest BCUT2D eigenvalue weighted by Crippen LogP contribution is 2.22. The second-order valence-electron chi connectivity index (χ2n) is 4.58. The van der Waals surface area contributed by atoms with Crippen LogP contribution in [0.5, 0.6) is 0 Å². The van der Waals surface area contributed by atoms with Crippen molar-refractivity contribution in [3.05, 3.63) is 11.6 Å². The summed E-state index contributed by atoms with van der Waals surface area (Å²) in [7, 11) is 0. The second kappa shape index (κ2) is 4.79. The first-order valence-electron chi connectivity index (χ1n) is 5.64. The molecule has 0 radical (unpaired) electrons. The number of piperidine rings is 1. The molecule has 3 heteroatoms. The van der Waals surface area contributed by atoms with E-state index in [1.165, 1.54) is 0 Å². The Balaban J connectivity index is 2.54. The van der Waals surface area contributed by atoms with Gasteiger partial charge in [0.15, 0.2) is 0 Å². The van der Waals surface area contributed by atoms with E-state index in [0.29, 0.717) is 25.9 Å². The minimum atomic E-state index is -0.584. The van der Waals surface area contributed by atoms with Crippen LogP contribution in [0, 0.1) is 0 Å². The van der Waals surface area contributed by atoms with E-state index in [-0.39, 0.29) is 5.91 Å². The van der Waals surface area contributed by atoms with Crippen LogP contribution in [0.2, 0.25) is 0 Å². The molecule has 15 heavy (non-hydrogen) atoms. The molecule has 1 N–H and O–H groups in total. The fraction of sp³-hybridized carbons (Fsp3) is 0.750. The Labute approximate surface area is 91.8 Å². The summed E-state index contributed by atoms with van der Waals surface area (Å²) in [4.78, 5) is 13.7. The van der Waals surface area contributed by atoms with Crippen LogP contribution in [0.25, 0.3) is 0 Å². The van der Waals surface area contributed by atoms with Crippen molar-refractivity contribution in [1.82, 2.24) is 4.90 Å². The molecule has 1 amide bonds. The van der Waals surface area contributed by atoms with Crippen molar-refractivity contribution in [3.63, 3.8) is 0 Å². The topological polar surface area (TPSA) is 40.5 Å². The Hall–Kier alpha value is -0.830. The van der Waals surface area contributed by atoms with Crippen molar-refractivity contribution in [3.8, 4) is 0 Å². The first-order valence-corrected chi connectivity index (χ1v) is 5.64. The van der Waals surface area contributed by atoms with E-state index in [0.717, 1.165) is 12.0 Å². The number of likely N-dealkylation sites (tertiary alicyclic amines) is 1. The summed E-state index contributed by atoms with van der Waals surface area (Å²) in [5.74, 6) is 0.118. The molecule has 1 saturated heterocycles. The molecular weight excluding hydrogens is 190 g/mol. The molecule has 0 atom stereocenters. The number of allylic oxidation sites excluding steroid dienone is 1. The van der Waals surface area contributed by atoms with Gasteiger partial charge in [-0.05, 0) is 33.1 Å². The highest BCUT2D eigenvalue weighted by atomic mass is 16.3. The van der Waals surface area contributed by atoms with Gasteiger partial charge in [-0.25, -0.2) is 0 Å². The van der Waals surface area contributed by atoms with Crippen LogP contribution < -0.4 is 0 Å². The minimum Gasteiger partial charge on any atom is -0.390 e. The molecule has 1 aliphatic rings. The van der Waals surface area contributed by atoms with Gasteiger partial charge in [0.2, 0.25) is 5.91 Å². The number of amides is 1. The standard InChI is InChI=1S/C12H21NO2/c1-4-5-10(2)11(14)13-8-6-12(3,15)7-9-13/h5,15H,4,6-9H2,1-3H3/b10-5-. The van der Waals surface area contributed by atoms with E-state index < -0.39 is 5.60 Å². The number of nitrogens with zero attached hydrogens (tertiary/aromatic N) is 1. The van der Waals surface area contributed by atoms with E-state index in [1.807, 2.05) is 31.7 Å². The number of carbonyl (C=O) groups is 1. The monoisotopic (exact) mass is 211 g/mol. The van der Waals surface area contributed by atoms with Crippen LogP contribution >= 0.6 is 0 Å². The minimum absolute atomic E-state index is 0.118. The number of rotatable bonds is 2. The van der Waals surface area contributed by atoms with Crippen molar-refractivity contribution in [1.29, 1.82) is 0 Å². The lowest BCUT2D eigenvalue weighted by atomic mass is 9.93. The quantitative estimate of drug-likeness (QED) is 0.706. The molecule has 0 aromatic carbocycles. The van der Waals surface area contributed by atoms with Crippen molar-refractivity contribution in [2.75, 3.05) is 13.1 Å². The third-order valence-electron chi connectivity index (χ3n) is 2.98. The maximum absolute atomic E-state index is 11.9. The summed E-state index contributed by atoms with van der Waals surface area (Å²) < 4.78 is 0. The predicted octanol–water partition coefficient (Wildman–Crippen LogP) is 1.72. The van der Waals surface area contributed by atoms with Crippen molar-refractivity contribution in [2.45, 2.75) is 45.6 Å². The van der Waals surface area contributed by atoms with Crippen LogP contribution in [0.4, 0.5) is 0 Å². The first-order chi connectivity index (χ1) is 6.96. The molecule has 0 spiro atoms. The molecule has 1 aliphatic heterocycles. The van der Waals surface area contributed by atoms with E-state index in [1.54, 1.807) is 0 Å². The van der Waals surface area contributed by atoms with Crippen molar-refractivity contribution >= 4 is 5.91 Å². The summed E-state index contributed by atoms with van der Waals surface area (Å²) in [6.45, 7) is 7.06. The average molecular weight is 211 g/mol. The van der Waals surface area contributed by atoms with Crippen LogP contribution in [-0.2, 0) is 4.79 Å². The number of hydrogen-bond acceptors (Lipinski definition) is 2. The summed E-state index contributed by atoms with van der Waals surface area (Å²) in [5, 5.41) is 9.76. The van der Waals surface area contributed by atoms with Crippen LogP contribution in [0.15, 0.2) is 11.6 Å². The van der Waals surface area contributed by atoms with Gasteiger partial charge in [-0.15, -0.1) is 0 Å². The Kier molecular flexibility index (Phi) is 3.91. The van der Waals surface area contributed by atoms with Crippen molar-refractivity contribution in [2.24, 2.45) is 0 Å². The SMILES string of the molecule is CC/C=C(/C)C(=O)N1CCC(C)(O)CC1. The average Bonchev–Trinajstić information content (AvgIpc) is 2.17. The van der Waals surface area contributed by atoms with Gasteiger partial charge in [0.05, 0.1) is 5.60 Å². The molecule has 3 nitrogen and oxygen atoms in total. The van der Waals surface area contributed by atoms with Crippen molar-refractivity contribution < 1.29 is 9.90 Å². The Bertz CT molecular complexity index is 259. The smallest absolute Gasteiger partial charge is 0.249 e. The molecule has 0 bridgehead atoms. The highest BCUT2D eigenvalue weighted by molar-refractivity contribution is 5.92. The zero-order valence-corrected chi connectivity index (χ0v) is 9.92. The van der Waals surface area contributed by atoms with E-state index >= 15 is 0 Å². The van der Waals surface area contributed by atoms with Crippen LogP contribution in [0.1, 0.15) is 40.0 Å². The third kappa shape index (κ3) is 3.34. The maximum Gasteiger partial charge on any atom is 0.249 e. The zero-order chi connectivity index (χ0) is 11.5. The van der Waals surface area contributed by atoms with Crippen LogP contribution in [0.3, 0.4) is 0 Å². The van der Waals surface area contributed by atoms with E-state index in [4.69, 9.17) is 0 Å². The third-order valence-corrected chi connectivity index (χ3v) is 2.98. The Morgan fingerprint density at radius 1 is 1.47 bits per heavy atom. The van der Waals surface area contributed by atoms with Gasteiger partial charge in [-0.3, -0.25) is 4.79 Å². The van der Waals surface area contributed by atoms with Gasteiger partial charge in [0.25, 0.3) is 0 Å². The fourth-order valence-electron chi connectivity index (χ4n) is 1.83. The summed E-state index contributed by atoms with van der Waals surface area (Å²) in [6.07, 6.45) is 4.20. The molecule has 0 aliphatic carbocycles. The second-order valence-corrected chi connectivity index (χ2v) is 4.58. The lowest BCUT2D eigenvalue weighted by molar-refractivity contribution is -0.130. The van der Waals surface area contributed by atoms with E-state index in [2.05, 4.69) is 0 Å². The van der Waals surface area contributed by atoms with Gasteiger partial charge in [0, 0.05) is 18.7 Å². The highest BCUT2D eigenvalue weighted by Gasteiger charge is 2.29. The van der Waals surface area contributed by atoms with Gasteiger partial charge < -0.3 is 10.0 Å². The molecule has 0 saturated carbocycles. The lowest BCUT2D eigenvalue weighted by Gasteiger charge is -2.35. The Morgan fingerprint density at radius 3 is 2.47 bits per heavy atom. The predicted molar refractivity (Wildman–Crippen MR) is 60.5 cm³/mol. The molecule has 1 heterocycles. The number of aliphatic hydroxyl groups is 1. The van der Waals surface area contributed by atoms with Gasteiger partial charge in [-0.2, -0.15) is 0 Å². The van der Waals surface area contributed by atoms with E-state index in [9.17, 15) is 9.90 Å². The normalized spacial score (nSPS) is 21.6. The summed E-state index contributed by atoms with van der Waals surface area (Å²) in [5.41, 5.74) is 0.234. The van der Waals surface area contributed by atoms with Gasteiger partial charge >= 0.3 is 0 Å². The Morgan fingerprint density at radius 2 is 2.00 bits per heavy atom. The number of carbonyl (C=O) groups excluding carboxylic acids is 1. The first kappa shape index (κ1) is 12.2. The van der Waals surface area contributed by atoms with Gasteiger partial charge in [0.1, 0.15) is 0 Å². The molecular formula is C12H21NO2. The molecule has 1 fully saturated rings. The molecule has 0 aromatic heterocycles. The molecule has 0 unspecified atom stereocenters. The number of hydrogen-bond donors (Lipinski definition) is 1. The fourth-order valence-corrected chi connectivity index (χ4v) is 1.83. The summed E-state index contributed by atoms with van der Waals surface area (Å²) >= 11 is 0. The maximum atomic E-state index is 11.9. The summed E-state index contributed by atoms with van der Waals surface area (Å²) in [6, 6.07) is 0.